The second-order valence-electron chi connectivity index (χ2n) is 3.35. The smallest absolute Gasteiger partial charge is 0.0611 e. The summed E-state index contributed by atoms with van der Waals surface area (Å²) in [7, 11) is 0. The molecule has 0 fully saturated rings. The second kappa shape index (κ2) is 5.56. The van der Waals surface area contributed by atoms with E-state index in [0.717, 1.165) is 34.0 Å². The molecular formula is C11H18N2S2. The average Bonchev–Trinajstić information content (AvgIpc) is 2.23. The van der Waals surface area contributed by atoms with Crippen LogP contribution in [0.5, 0.6) is 0 Å². The van der Waals surface area contributed by atoms with E-state index in [1.165, 1.54) is 5.56 Å². The highest BCUT2D eigenvalue weighted by molar-refractivity contribution is 7.99. The summed E-state index contributed by atoms with van der Waals surface area (Å²) in [5.74, 6) is 0. The van der Waals surface area contributed by atoms with Crippen LogP contribution in [0.15, 0.2) is 15.9 Å². The summed E-state index contributed by atoms with van der Waals surface area (Å²) in [4.78, 5) is 2.17. The van der Waals surface area contributed by atoms with Crippen LogP contribution in [-0.4, -0.2) is 12.5 Å². The second-order valence-corrected chi connectivity index (χ2v) is 5.01. The highest BCUT2D eigenvalue weighted by atomic mass is 32.2. The van der Waals surface area contributed by atoms with Crippen LogP contribution in [0.4, 0.5) is 11.4 Å². The fourth-order valence-corrected chi connectivity index (χ4v) is 2.91. The number of hydrogen-bond acceptors (Lipinski definition) is 4. The maximum absolute atomic E-state index is 6.09. The number of nitrogens with two attached hydrogens (primary N) is 2. The van der Waals surface area contributed by atoms with E-state index in [2.05, 4.69) is 13.0 Å². The summed E-state index contributed by atoms with van der Waals surface area (Å²) in [6.07, 6.45) is 6.19. The van der Waals surface area contributed by atoms with E-state index in [0.29, 0.717) is 0 Å². The predicted octanol–water partition coefficient (Wildman–Crippen LogP) is 3.25. The molecule has 1 rings (SSSR count). The van der Waals surface area contributed by atoms with Crippen LogP contribution < -0.4 is 11.5 Å². The van der Waals surface area contributed by atoms with Crippen molar-refractivity contribution < 1.29 is 0 Å². The van der Waals surface area contributed by atoms with E-state index in [4.69, 9.17) is 11.5 Å². The molecule has 4 heteroatoms. The van der Waals surface area contributed by atoms with Gasteiger partial charge >= 0.3 is 0 Å². The van der Waals surface area contributed by atoms with Crippen molar-refractivity contribution in [2.45, 2.75) is 29.6 Å². The van der Waals surface area contributed by atoms with Crippen molar-refractivity contribution in [3.63, 3.8) is 0 Å². The van der Waals surface area contributed by atoms with E-state index >= 15 is 0 Å². The average molecular weight is 242 g/mol. The first kappa shape index (κ1) is 12.6. The molecule has 0 radical (unpaired) electrons. The van der Waals surface area contributed by atoms with Gasteiger partial charge in [0.2, 0.25) is 0 Å². The molecule has 0 heterocycles. The molecule has 0 aliphatic heterocycles. The molecule has 0 saturated carbocycles. The van der Waals surface area contributed by atoms with E-state index in [9.17, 15) is 0 Å². The van der Waals surface area contributed by atoms with Crippen LogP contribution in [0.1, 0.15) is 18.9 Å². The largest absolute Gasteiger partial charge is 0.398 e. The van der Waals surface area contributed by atoms with Crippen LogP contribution >= 0.6 is 23.5 Å². The van der Waals surface area contributed by atoms with Crippen LogP contribution in [0, 0.1) is 0 Å². The molecular weight excluding hydrogens is 224 g/mol. The van der Waals surface area contributed by atoms with Crippen molar-refractivity contribution in [2.24, 2.45) is 0 Å². The van der Waals surface area contributed by atoms with Crippen molar-refractivity contribution >= 4 is 34.9 Å². The normalized spacial score (nSPS) is 10.6. The van der Waals surface area contributed by atoms with Crippen LogP contribution in [0.2, 0.25) is 0 Å². The number of hydrogen-bond donors (Lipinski definition) is 2. The summed E-state index contributed by atoms with van der Waals surface area (Å²) in [6.45, 7) is 2.16. The Labute approximate surface area is 100 Å². The molecule has 1 aromatic rings. The summed E-state index contributed by atoms with van der Waals surface area (Å²) >= 11 is 3.31. The summed E-state index contributed by atoms with van der Waals surface area (Å²) in [5.41, 5.74) is 15.1. The third kappa shape index (κ3) is 2.55. The Hall–Kier alpha value is -0.480. The number of anilines is 2. The van der Waals surface area contributed by atoms with Crippen molar-refractivity contribution in [3.05, 3.63) is 11.6 Å². The predicted molar refractivity (Wildman–Crippen MR) is 72.8 cm³/mol. The van der Waals surface area contributed by atoms with Crippen LogP contribution in [-0.2, 0) is 6.42 Å². The zero-order valence-corrected chi connectivity index (χ0v) is 11.1. The lowest BCUT2D eigenvalue weighted by Crippen LogP contribution is -2.02. The summed E-state index contributed by atoms with van der Waals surface area (Å²) < 4.78 is 0. The molecule has 4 N–H and O–H groups in total. The topological polar surface area (TPSA) is 52.0 Å². The first-order valence-electron chi connectivity index (χ1n) is 4.94. The lowest BCUT2D eigenvalue weighted by molar-refractivity contribution is 0.917. The maximum atomic E-state index is 6.09. The molecule has 0 aliphatic carbocycles. The molecule has 0 saturated heterocycles. The summed E-state index contributed by atoms with van der Waals surface area (Å²) in [6, 6.07) is 2.12. The van der Waals surface area contributed by atoms with Crippen LogP contribution in [0.3, 0.4) is 0 Å². The molecule has 0 unspecified atom stereocenters. The third-order valence-electron chi connectivity index (χ3n) is 2.35. The Morgan fingerprint density at radius 1 is 1.13 bits per heavy atom. The Kier molecular flexibility index (Phi) is 4.67. The van der Waals surface area contributed by atoms with Gasteiger partial charge in [0.15, 0.2) is 0 Å². The van der Waals surface area contributed by atoms with Crippen molar-refractivity contribution in [2.75, 3.05) is 24.0 Å². The van der Waals surface area contributed by atoms with Gasteiger partial charge in [-0.1, -0.05) is 13.3 Å². The molecule has 0 aromatic heterocycles. The van der Waals surface area contributed by atoms with Gasteiger partial charge < -0.3 is 11.5 Å². The van der Waals surface area contributed by atoms with Gasteiger partial charge in [0.05, 0.1) is 16.3 Å². The molecule has 0 spiro atoms. The van der Waals surface area contributed by atoms with Crippen molar-refractivity contribution in [1.29, 1.82) is 0 Å². The zero-order chi connectivity index (χ0) is 11.4. The van der Waals surface area contributed by atoms with Gasteiger partial charge in [-0.3, -0.25) is 0 Å². The van der Waals surface area contributed by atoms with Crippen LogP contribution in [0.25, 0.3) is 0 Å². The van der Waals surface area contributed by atoms with Gasteiger partial charge in [0, 0.05) is 4.90 Å². The molecule has 1 aromatic carbocycles. The minimum absolute atomic E-state index is 0.826. The van der Waals surface area contributed by atoms with E-state index in [1.807, 2.05) is 12.5 Å². The third-order valence-corrected chi connectivity index (χ3v) is 3.98. The molecule has 0 aliphatic rings. The molecule has 15 heavy (non-hydrogen) atoms. The lowest BCUT2D eigenvalue weighted by Gasteiger charge is -2.15. The highest BCUT2D eigenvalue weighted by Crippen LogP contribution is 2.38. The van der Waals surface area contributed by atoms with Crippen molar-refractivity contribution in [3.8, 4) is 0 Å². The number of aryl methyl sites for hydroxylation is 1. The summed E-state index contributed by atoms with van der Waals surface area (Å²) in [5, 5.41) is 0. The fourth-order valence-electron chi connectivity index (χ4n) is 1.58. The van der Waals surface area contributed by atoms with E-state index in [1.54, 1.807) is 23.5 Å². The molecule has 84 valence electrons. The number of nitrogen functional groups attached to an aromatic ring is 2. The monoisotopic (exact) mass is 242 g/mol. The van der Waals surface area contributed by atoms with Crippen molar-refractivity contribution in [1.82, 2.24) is 0 Å². The highest BCUT2D eigenvalue weighted by Gasteiger charge is 2.12. The quantitative estimate of drug-likeness (QED) is 0.628. The van der Waals surface area contributed by atoms with Gasteiger partial charge in [0.1, 0.15) is 0 Å². The van der Waals surface area contributed by atoms with Gasteiger partial charge in [-0.15, -0.1) is 23.5 Å². The Morgan fingerprint density at radius 3 is 2.27 bits per heavy atom. The Bertz CT molecular complexity index is 351. The van der Waals surface area contributed by atoms with Gasteiger partial charge in [-0.05, 0) is 30.6 Å². The van der Waals surface area contributed by atoms with Gasteiger partial charge in [-0.25, -0.2) is 0 Å². The Balaban J connectivity index is 3.30. The zero-order valence-electron chi connectivity index (χ0n) is 9.46. The molecule has 0 bridgehead atoms. The number of rotatable bonds is 4. The standard InChI is InChI=1S/C11H18N2S2/c1-4-5-7-6-8(14-2)10(13)11(15-3)9(7)12/h6H,4-5,12-13H2,1-3H3. The minimum atomic E-state index is 0.826. The SMILES string of the molecule is CCCc1cc(SC)c(N)c(SC)c1N. The molecule has 2 nitrogen and oxygen atoms in total. The van der Waals surface area contributed by atoms with E-state index < -0.39 is 0 Å². The first-order chi connectivity index (χ1) is 7.15. The number of benzene rings is 1. The minimum Gasteiger partial charge on any atom is -0.398 e. The van der Waals surface area contributed by atoms with E-state index in [-0.39, 0.29) is 0 Å². The van der Waals surface area contributed by atoms with Gasteiger partial charge in [0.25, 0.3) is 0 Å². The van der Waals surface area contributed by atoms with Gasteiger partial charge in [-0.2, -0.15) is 0 Å². The lowest BCUT2D eigenvalue weighted by atomic mass is 10.1. The Morgan fingerprint density at radius 2 is 1.80 bits per heavy atom. The number of thioether (sulfide) groups is 2. The fraction of sp³-hybridized carbons (Fsp3) is 0.455. The first-order valence-corrected chi connectivity index (χ1v) is 7.39. The molecule has 0 atom stereocenters. The molecule has 0 amide bonds. The maximum Gasteiger partial charge on any atom is 0.0611 e.